The van der Waals surface area contributed by atoms with Gasteiger partial charge in [0.2, 0.25) is 10.0 Å². The van der Waals surface area contributed by atoms with Crippen molar-refractivity contribution in [2.45, 2.75) is 4.90 Å². The molecule has 1 aromatic heterocycles. The summed E-state index contributed by atoms with van der Waals surface area (Å²) in [6.45, 7) is 0.589. The summed E-state index contributed by atoms with van der Waals surface area (Å²) >= 11 is 1.07. The molecule has 2 aromatic rings. The van der Waals surface area contributed by atoms with Gasteiger partial charge in [-0.15, -0.1) is 11.3 Å². The van der Waals surface area contributed by atoms with Crippen LogP contribution in [0.1, 0.15) is 15.2 Å². The molecule has 0 radical (unpaired) electrons. The zero-order valence-electron chi connectivity index (χ0n) is 12.4. The van der Waals surface area contributed by atoms with Crippen molar-refractivity contribution in [1.82, 2.24) is 4.31 Å². The van der Waals surface area contributed by atoms with E-state index < -0.39 is 16.0 Å². The summed E-state index contributed by atoms with van der Waals surface area (Å²) in [7, 11) is -2.49. The maximum atomic E-state index is 12.8. The molecule has 120 valence electrons. The fraction of sp³-hybridized carbons (Fsp3) is 0.188. The van der Waals surface area contributed by atoms with Gasteiger partial charge in [-0.2, -0.15) is 4.31 Å². The average Bonchev–Trinajstić information content (AvgIpc) is 3.24. The van der Waals surface area contributed by atoms with Gasteiger partial charge in [0.15, 0.2) is 0 Å². The minimum atomic E-state index is -3.73. The van der Waals surface area contributed by atoms with E-state index in [1.807, 2.05) is 36.4 Å². The summed E-state index contributed by atoms with van der Waals surface area (Å²) in [6, 6.07) is 11.1. The molecule has 5 nitrogen and oxygen atoms in total. The summed E-state index contributed by atoms with van der Waals surface area (Å²) in [6.07, 6.45) is 1.90. The number of sulfonamides is 1. The highest BCUT2D eigenvalue weighted by Gasteiger charge is 2.32. The van der Waals surface area contributed by atoms with Crippen LogP contribution in [-0.4, -0.2) is 38.9 Å². The Hall–Kier alpha value is -1.96. The SMILES string of the molecule is COC(=O)c1sccc1S(=O)(=O)N1CC=C(c2ccccc2)C1. The van der Waals surface area contributed by atoms with Crippen LogP contribution in [0.4, 0.5) is 0 Å². The molecule has 0 N–H and O–H groups in total. The molecule has 1 aliphatic rings. The Morgan fingerprint density at radius 3 is 2.65 bits per heavy atom. The van der Waals surface area contributed by atoms with Crippen LogP contribution in [0.25, 0.3) is 5.57 Å². The fourth-order valence-corrected chi connectivity index (χ4v) is 5.12. The van der Waals surface area contributed by atoms with Crippen LogP contribution in [0.5, 0.6) is 0 Å². The van der Waals surface area contributed by atoms with Crippen molar-refractivity contribution in [2.75, 3.05) is 20.2 Å². The topological polar surface area (TPSA) is 63.7 Å². The Kier molecular flexibility index (Phi) is 4.34. The van der Waals surface area contributed by atoms with Crippen molar-refractivity contribution in [3.8, 4) is 0 Å². The molecule has 0 spiro atoms. The first-order valence-electron chi connectivity index (χ1n) is 6.94. The number of carbonyl (C=O) groups is 1. The molecule has 0 aliphatic carbocycles. The lowest BCUT2D eigenvalue weighted by Gasteiger charge is -2.16. The van der Waals surface area contributed by atoms with Gasteiger partial charge < -0.3 is 4.74 Å². The molecule has 0 fully saturated rings. The van der Waals surface area contributed by atoms with Gasteiger partial charge in [-0.05, 0) is 22.6 Å². The summed E-state index contributed by atoms with van der Waals surface area (Å²) < 4.78 is 31.6. The van der Waals surface area contributed by atoms with Gasteiger partial charge in [-0.1, -0.05) is 36.4 Å². The monoisotopic (exact) mass is 349 g/mol. The van der Waals surface area contributed by atoms with Crippen LogP contribution in [-0.2, 0) is 14.8 Å². The standard InChI is InChI=1S/C16H15NO4S2/c1-21-16(18)15-14(8-10-22-15)23(19,20)17-9-7-13(11-17)12-5-3-2-4-6-12/h2-8,10H,9,11H2,1H3. The highest BCUT2D eigenvalue weighted by Crippen LogP contribution is 2.30. The Bertz CT molecular complexity index is 853. The molecule has 0 saturated carbocycles. The first-order chi connectivity index (χ1) is 11.0. The van der Waals surface area contributed by atoms with Crippen LogP contribution in [0.3, 0.4) is 0 Å². The molecule has 1 aromatic carbocycles. The second-order valence-corrected chi connectivity index (χ2v) is 7.82. The second kappa shape index (κ2) is 6.27. The lowest BCUT2D eigenvalue weighted by atomic mass is 10.1. The fourth-order valence-electron chi connectivity index (χ4n) is 2.46. The van der Waals surface area contributed by atoms with Crippen LogP contribution >= 0.6 is 11.3 Å². The van der Waals surface area contributed by atoms with E-state index in [2.05, 4.69) is 4.74 Å². The Morgan fingerprint density at radius 1 is 1.22 bits per heavy atom. The third-order valence-corrected chi connectivity index (χ3v) is 6.53. The summed E-state index contributed by atoms with van der Waals surface area (Å²) in [5.41, 5.74) is 1.97. The van der Waals surface area contributed by atoms with Crippen molar-refractivity contribution in [2.24, 2.45) is 0 Å². The van der Waals surface area contributed by atoms with E-state index in [9.17, 15) is 13.2 Å². The highest BCUT2D eigenvalue weighted by molar-refractivity contribution is 7.89. The van der Waals surface area contributed by atoms with Gasteiger partial charge in [0.1, 0.15) is 9.77 Å². The van der Waals surface area contributed by atoms with Crippen LogP contribution in [0.2, 0.25) is 0 Å². The van der Waals surface area contributed by atoms with Crippen molar-refractivity contribution in [3.05, 3.63) is 58.3 Å². The lowest BCUT2D eigenvalue weighted by molar-refractivity contribution is 0.0602. The first kappa shape index (κ1) is 15.9. The largest absolute Gasteiger partial charge is 0.465 e. The maximum absolute atomic E-state index is 12.8. The van der Waals surface area contributed by atoms with Gasteiger partial charge >= 0.3 is 5.97 Å². The minimum Gasteiger partial charge on any atom is -0.465 e. The normalized spacial score (nSPS) is 15.4. The second-order valence-electron chi connectivity index (χ2n) is 5.00. The smallest absolute Gasteiger partial charge is 0.349 e. The summed E-state index contributed by atoms with van der Waals surface area (Å²) in [4.78, 5) is 11.9. The van der Waals surface area contributed by atoms with Crippen molar-refractivity contribution < 1.29 is 17.9 Å². The van der Waals surface area contributed by atoms with Crippen molar-refractivity contribution >= 4 is 32.9 Å². The Morgan fingerprint density at radius 2 is 1.96 bits per heavy atom. The average molecular weight is 349 g/mol. The molecule has 3 rings (SSSR count). The quantitative estimate of drug-likeness (QED) is 0.796. The maximum Gasteiger partial charge on any atom is 0.349 e. The Labute approximate surface area is 138 Å². The van der Waals surface area contributed by atoms with Crippen molar-refractivity contribution in [1.29, 1.82) is 0 Å². The van der Waals surface area contributed by atoms with Gasteiger partial charge in [0, 0.05) is 13.1 Å². The summed E-state index contributed by atoms with van der Waals surface area (Å²) in [5, 5.41) is 1.58. The zero-order valence-corrected chi connectivity index (χ0v) is 14.1. The first-order valence-corrected chi connectivity index (χ1v) is 9.26. The number of rotatable bonds is 4. The number of benzene rings is 1. The molecule has 1 aliphatic heterocycles. The number of thiophene rings is 1. The number of nitrogens with zero attached hydrogens (tertiary/aromatic N) is 1. The third kappa shape index (κ3) is 2.95. The van der Waals surface area contributed by atoms with E-state index in [-0.39, 0.29) is 9.77 Å². The van der Waals surface area contributed by atoms with Gasteiger partial charge in [0.25, 0.3) is 0 Å². The lowest BCUT2D eigenvalue weighted by Crippen LogP contribution is -2.29. The predicted molar refractivity (Wildman–Crippen MR) is 88.8 cm³/mol. The molecule has 23 heavy (non-hydrogen) atoms. The van der Waals surface area contributed by atoms with Gasteiger partial charge in [-0.25, -0.2) is 13.2 Å². The number of carbonyl (C=O) groups excluding carboxylic acids is 1. The molecule has 0 unspecified atom stereocenters. The minimum absolute atomic E-state index is 0.0112. The molecule has 0 amide bonds. The van der Waals surface area contributed by atoms with E-state index >= 15 is 0 Å². The number of ether oxygens (including phenoxy) is 1. The molecule has 0 atom stereocenters. The number of hydrogen-bond donors (Lipinski definition) is 0. The molecule has 7 heteroatoms. The molecule has 0 saturated heterocycles. The molecule has 0 bridgehead atoms. The number of hydrogen-bond acceptors (Lipinski definition) is 5. The molecular weight excluding hydrogens is 334 g/mol. The third-order valence-electron chi connectivity index (χ3n) is 3.65. The van der Waals surface area contributed by atoms with E-state index in [1.165, 1.54) is 17.5 Å². The predicted octanol–water partition coefficient (Wildman–Crippen LogP) is 2.62. The van der Waals surface area contributed by atoms with Crippen LogP contribution in [0, 0.1) is 0 Å². The van der Waals surface area contributed by atoms with Crippen LogP contribution < -0.4 is 0 Å². The highest BCUT2D eigenvalue weighted by atomic mass is 32.2. The number of methoxy groups -OCH3 is 1. The van der Waals surface area contributed by atoms with E-state index in [0.29, 0.717) is 13.1 Å². The zero-order chi connectivity index (χ0) is 16.4. The van der Waals surface area contributed by atoms with Gasteiger partial charge in [-0.3, -0.25) is 0 Å². The van der Waals surface area contributed by atoms with Crippen molar-refractivity contribution in [3.63, 3.8) is 0 Å². The van der Waals surface area contributed by atoms with E-state index in [4.69, 9.17) is 0 Å². The Balaban J connectivity index is 1.86. The van der Waals surface area contributed by atoms with Crippen LogP contribution in [0.15, 0.2) is 52.7 Å². The van der Waals surface area contributed by atoms with E-state index in [1.54, 1.807) is 5.38 Å². The van der Waals surface area contributed by atoms with Gasteiger partial charge in [0.05, 0.1) is 7.11 Å². The molecular formula is C16H15NO4S2. The van der Waals surface area contributed by atoms with E-state index in [0.717, 1.165) is 22.5 Å². The number of esters is 1. The summed E-state index contributed by atoms with van der Waals surface area (Å²) in [5.74, 6) is -0.631. The molecule has 2 heterocycles.